The van der Waals surface area contributed by atoms with Gasteiger partial charge in [0.25, 0.3) is 0 Å². The maximum absolute atomic E-state index is 12.9. The SMILES string of the molecule is NCC(=O)Cc1cc(F)ccc1F. The van der Waals surface area contributed by atoms with Crippen LogP contribution in [0.5, 0.6) is 0 Å². The second-order valence-corrected chi connectivity index (χ2v) is 2.66. The predicted octanol–water partition coefficient (Wildman–Crippen LogP) is 1.04. The minimum absolute atomic E-state index is 0.0513. The lowest BCUT2D eigenvalue weighted by Crippen LogP contribution is -2.16. The second-order valence-electron chi connectivity index (χ2n) is 2.66. The molecule has 1 aromatic carbocycles. The van der Waals surface area contributed by atoms with Gasteiger partial charge in [0.15, 0.2) is 5.78 Å². The van der Waals surface area contributed by atoms with E-state index in [0.717, 1.165) is 18.2 Å². The van der Waals surface area contributed by atoms with Gasteiger partial charge < -0.3 is 5.73 Å². The monoisotopic (exact) mass is 185 g/mol. The maximum Gasteiger partial charge on any atom is 0.150 e. The van der Waals surface area contributed by atoms with Crippen molar-refractivity contribution >= 4 is 5.78 Å². The summed E-state index contributed by atoms with van der Waals surface area (Å²) in [6, 6.07) is 3.00. The first-order valence-electron chi connectivity index (χ1n) is 3.79. The molecular formula is C9H9F2NO. The lowest BCUT2D eigenvalue weighted by atomic mass is 10.1. The van der Waals surface area contributed by atoms with Crippen LogP contribution in [0.4, 0.5) is 8.78 Å². The first-order valence-corrected chi connectivity index (χ1v) is 3.79. The fraction of sp³-hybridized carbons (Fsp3) is 0.222. The Morgan fingerprint density at radius 1 is 1.38 bits per heavy atom. The summed E-state index contributed by atoms with van der Waals surface area (Å²) in [4.78, 5) is 10.8. The van der Waals surface area contributed by atoms with E-state index in [1.165, 1.54) is 0 Å². The van der Waals surface area contributed by atoms with Crippen LogP contribution in [0.2, 0.25) is 0 Å². The molecule has 0 aliphatic carbocycles. The van der Waals surface area contributed by atoms with E-state index in [0.29, 0.717) is 0 Å². The first-order chi connectivity index (χ1) is 6.13. The van der Waals surface area contributed by atoms with E-state index in [4.69, 9.17) is 5.73 Å². The van der Waals surface area contributed by atoms with Crippen molar-refractivity contribution in [3.05, 3.63) is 35.4 Å². The topological polar surface area (TPSA) is 43.1 Å². The number of carbonyl (C=O) groups is 1. The quantitative estimate of drug-likeness (QED) is 0.764. The van der Waals surface area contributed by atoms with E-state index < -0.39 is 11.6 Å². The molecule has 0 radical (unpaired) electrons. The molecule has 0 atom stereocenters. The fourth-order valence-corrected chi connectivity index (χ4v) is 0.963. The van der Waals surface area contributed by atoms with Gasteiger partial charge in [-0.2, -0.15) is 0 Å². The van der Waals surface area contributed by atoms with Crippen molar-refractivity contribution in [2.24, 2.45) is 5.73 Å². The van der Waals surface area contributed by atoms with Gasteiger partial charge in [-0.05, 0) is 23.8 Å². The number of halogens is 2. The van der Waals surface area contributed by atoms with Gasteiger partial charge in [0.1, 0.15) is 11.6 Å². The normalized spacial score (nSPS) is 10.1. The van der Waals surface area contributed by atoms with Gasteiger partial charge in [-0.3, -0.25) is 4.79 Å². The summed E-state index contributed by atoms with van der Waals surface area (Å²) in [5.74, 6) is -1.45. The molecule has 0 unspecified atom stereocenters. The van der Waals surface area contributed by atoms with Crippen molar-refractivity contribution in [1.29, 1.82) is 0 Å². The fourth-order valence-electron chi connectivity index (χ4n) is 0.963. The molecule has 0 aliphatic heterocycles. The van der Waals surface area contributed by atoms with Crippen molar-refractivity contribution in [3.8, 4) is 0 Å². The zero-order chi connectivity index (χ0) is 9.84. The maximum atomic E-state index is 12.9. The average molecular weight is 185 g/mol. The lowest BCUT2D eigenvalue weighted by molar-refractivity contribution is -0.117. The van der Waals surface area contributed by atoms with Crippen LogP contribution in [-0.2, 0) is 11.2 Å². The minimum atomic E-state index is -0.580. The highest BCUT2D eigenvalue weighted by Crippen LogP contribution is 2.10. The molecule has 0 amide bonds. The summed E-state index contributed by atoms with van der Waals surface area (Å²) in [6.45, 7) is -0.157. The Labute approximate surface area is 74.4 Å². The van der Waals surface area contributed by atoms with Gasteiger partial charge in [-0.1, -0.05) is 0 Å². The van der Waals surface area contributed by atoms with E-state index in [2.05, 4.69) is 0 Å². The molecule has 0 saturated carbocycles. The molecule has 0 saturated heterocycles. The Kier molecular flexibility index (Phi) is 3.08. The Morgan fingerprint density at radius 2 is 2.08 bits per heavy atom. The molecule has 4 heteroatoms. The van der Waals surface area contributed by atoms with Crippen LogP contribution in [0.15, 0.2) is 18.2 Å². The number of benzene rings is 1. The number of hydrogen-bond donors (Lipinski definition) is 1. The molecule has 0 heterocycles. The zero-order valence-electron chi connectivity index (χ0n) is 6.89. The highest BCUT2D eigenvalue weighted by Gasteiger charge is 2.07. The van der Waals surface area contributed by atoms with Gasteiger partial charge in [-0.15, -0.1) is 0 Å². The second kappa shape index (κ2) is 4.09. The Bertz CT molecular complexity index is 325. The van der Waals surface area contributed by atoms with Crippen LogP contribution in [-0.4, -0.2) is 12.3 Å². The highest BCUT2D eigenvalue weighted by atomic mass is 19.1. The van der Waals surface area contributed by atoms with Crippen molar-refractivity contribution in [2.45, 2.75) is 6.42 Å². The standard InChI is InChI=1S/C9H9F2NO/c10-7-1-2-9(11)6(3-7)4-8(13)5-12/h1-3H,4-5,12H2. The van der Waals surface area contributed by atoms with E-state index in [1.54, 1.807) is 0 Å². The number of ketones is 1. The number of rotatable bonds is 3. The third-order valence-corrected chi connectivity index (χ3v) is 1.62. The van der Waals surface area contributed by atoms with Crippen LogP contribution in [0.1, 0.15) is 5.56 Å². The summed E-state index contributed by atoms with van der Waals surface area (Å²) < 4.78 is 25.5. The molecule has 1 rings (SSSR count). The lowest BCUT2D eigenvalue weighted by Gasteiger charge is -2.00. The molecule has 13 heavy (non-hydrogen) atoms. The van der Waals surface area contributed by atoms with Crippen LogP contribution in [0.3, 0.4) is 0 Å². The molecule has 2 nitrogen and oxygen atoms in total. The van der Waals surface area contributed by atoms with Crippen LogP contribution < -0.4 is 5.73 Å². The molecule has 0 spiro atoms. The Balaban J connectivity index is 2.87. The smallest absolute Gasteiger partial charge is 0.150 e. The summed E-state index contributed by atoms with van der Waals surface area (Å²) in [7, 11) is 0. The molecular weight excluding hydrogens is 176 g/mol. The molecule has 0 aliphatic rings. The van der Waals surface area contributed by atoms with Crippen molar-refractivity contribution in [2.75, 3.05) is 6.54 Å². The van der Waals surface area contributed by atoms with Crippen molar-refractivity contribution < 1.29 is 13.6 Å². The van der Waals surface area contributed by atoms with Crippen LogP contribution >= 0.6 is 0 Å². The van der Waals surface area contributed by atoms with E-state index in [1.807, 2.05) is 0 Å². The summed E-state index contributed by atoms with van der Waals surface area (Å²) in [5.41, 5.74) is 5.09. The van der Waals surface area contributed by atoms with E-state index in [9.17, 15) is 13.6 Å². The summed E-state index contributed by atoms with van der Waals surface area (Å²) in [5, 5.41) is 0. The minimum Gasteiger partial charge on any atom is -0.324 e. The van der Waals surface area contributed by atoms with Crippen molar-refractivity contribution in [1.82, 2.24) is 0 Å². The predicted molar refractivity (Wildman–Crippen MR) is 44.1 cm³/mol. The van der Waals surface area contributed by atoms with Gasteiger partial charge >= 0.3 is 0 Å². The highest BCUT2D eigenvalue weighted by molar-refractivity contribution is 5.82. The number of hydrogen-bond acceptors (Lipinski definition) is 2. The molecule has 0 fully saturated rings. The number of nitrogens with two attached hydrogens (primary N) is 1. The largest absolute Gasteiger partial charge is 0.324 e. The van der Waals surface area contributed by atoms with Crippen LogP contribution in [0.25, 0.3) is 0 Å². The van der Waals surface area contributed by atoms with Crippen molar-refractivity contribution in [3.63, 3.8) is 0 Å². The summed E-state index contributed by atoms with van der Waals surface area (Å²) >= 11 is 0. The van der Waals surface area contributed by atoms with Crippen LogP contribution in [0, 0.1) is 11.6 Å². The van der Waals surface area contributed by atoms with Gasteiger partial charge in [-0.25, -0.2) is 8.78 Å². The Hall–Kier alpha value is -1.29. The number of Topliss-reactive ketones (excluding diaryl/α,β-unsaturated/α-hetero) is 1. The number of carbonyl (C=O) groups excluding carboxylic acids is 1. The molecule has 0 aromatic heterocycles. The molecule has 0 bridgehead atoms. The third kappa shape index (κ3) is 2.59. The van der Waals surface area contributed by atoms with Gasteiger partial charge in [0, 0.05) is 6.42 Å². The van der Waals surface area contributed by atoms with Gasteiger partial charge in [0.2, 0.25) is 0 Å². The third-order valence-electron chi connectivity index (χ3n) is 1.62. The molecule has 70 valence electrons. The first kappa shape index (κ1) is 9.80. The molecule has 1 aromatic rings. The van der Waals surface area contributed by atoms with Gasteiger partial charge in [0.05, 0.1) is 6.54 Å². The zero-order valence-corrected chi connectivity index (χ0v) is 6.89. The van der Waals surface area contributed by atoms with E-state index in [-0.39, 0.29) is 24.3 Å². The Morgan fingerprint density at radius 3 is 2.69 bits per heavy atom. The molecule has 2 N–H and O–H groups in total. The summed E-state index contributed by atoms with van der Waals surface area (Å²) in [6.07, 6.45) is -0.153. The average Bonchev–Trinajstić information content (AvgIpc) is 2.11. The van der Waals surface area contributed by atoms with E-state index >= 15 is 0 Å².